The van der Waals surface area contributed by atoms with Crippen LogP contribution in [0.1, 0.15) is 44.5 Å². The second-order valence-corrected chi connectivity index (χ2v) is 19.8. The van der Waals surface area contributed by atoms with Gasteiger partial charge in [0.05, 0.1) is 44.6 Å². The molecule has 0 saturated heterocycles. The van der Waals surface area contributed by atoms with Crippen molar-refractivity contribution >= 4 is 60.4 Å². The van der Waals surface area contributed by atoms with E-state index in [1.54, 1.807) is 0 Å². The van der Waals surface area contributed by atoms with Crippen LogP contribution in [0.4, 0.5) is 17.1 Å². The molecule has 12 aromatic carbocycles. The zero-order valence-electron chi connectivity index (χ0n) is 39.3. The highest BCUT2D eigenvalue weighted by molar-refractivity contribution is 6.16. The van der Waals surface area contributed by atoms with Crippen LogP contribution in [-0.2, 0) is 10.8 Å². The van der Waals surface area contributed by atoms with Crippen molar-refractivity contribution in [3.8, 4) is 27.9 Å². The molecule has 3 aliphatic rings. The summed E-state index contributed by atoms with van der Waals surface area (Å²) in [5, 5.41) is 7.39. The molecule has 2 heterocycles. The molecule has 2 heteroatoms. The van der Waals surface area contributed by atoms with E-state index in [9.17, 15) is 0 Å². The molecule has 1 aliphatic heterocycles. The van der Waals surface area contributed by atoms with Gasteiger partial charge >= 0.3 is 0 Å². The Morgan fingerprint density at radius 1 is 0.292 bits per heavy atom. The Balaban J connectivity index is 1.07. The number of hydrogen-bond acceptors (Lipinski definition) is 1. The molecule has 2 aliphatic carbocycles. The number of aromatic nitrogens is 1. The molecule has 0 fully saturated rings. The van der Waals surface area contributed by atoms with Crippen molar-refractivity contribution in [1.82, 2.24) is 4.57 Å². The molecule has 13 aromatic rings. The molecule has 1 unspecified atom stereocenters. The molecule has 1 spiro atoms. The van der Waals surface area contributed by atoms with Crippen LogP contribution in [0.3, 0.4) is 0 Å². The molecule has 0 saturated carbocycles. The molecule has 72 heavy (non-hydrogen) atoms. The lowest BCUT2D eigenvalue weighted by Gasteiger charge is -2.40. The summed E-state index contributed by atoms with van der Waals surface area (Å²) in [5.41, 5.74) is 21.3. The Morgan fingerprint density at radius 3 is 1.58 bits per heavy atom. The van der Waals surface area contributed by atoms with Crippen LogP contribution < -0.4 is 4.90 Å². The van der Waals surface area contributed by atoms with E-state index in [4.69, 9.17) is 0 Å². The van der Waals surface area contributed by atoms with Crippen molar-refractivity contribution in [1.29, 1.82) is 0 Å². The summed E-state index contributed by atoms with van der Waals surface area (Å²) in [6.45, 7) is 0. The van der Waals surface area contributed by atoms with Gasteiger partial charge in [-0.3, -0.25) is 0 Å². The van der Waals surface area contributed by atoms with Crippen molar-refractivity contribution in [2.75, 3.05) is 4.90 Å². The van der Waals surface area contributed by atoms with Crippen molar-refractivity contribution in [2.24, 2.45) is 0 Å². The monoisotopic (exact) mass is 912 g/mol. The van der Waals surface area contributed by atoms with Gasteiger partial charge in [0, 0.05) is 27.1 Å². The highest BCUT2D eigenvalue weighted by Crippen LogP contribution is 2.65. The third-order valence-corrected chi connectivity index (χ3v) is 16.6. The van der Waals surface area contributed by atoms with Crippen LogP contribution >= 0.6 is 0 Å². The molecular weight excluding hydrogens is 869 g/mol. The summed E-state index contributed by atoms with van der Waals surface area (Å²) >= 11 is 0. The summed E-state index contributed by atoms with van der Waals surface area (Å²) in [6, 6.07) is 101. The van der Waals surface area contributed by atoms with Gasteiger partial charge < -0.3 is 9.47 Å². The average molecular weight is 913 g/mol. The minimum atomic E-state index is -0.607. The second-order valence-electron chi connectivity index (χ2n) is 19.8. The molecule has 16 rings (SSSR count). The maximum atomic E-state index is 2.63. The Labute approximate surface area is 418 Å². The van der Waals surface area contributed by atoms with E-state index in [0.29, 0.717) is 0 Å². The minimum Gasteiger partial charge on any atom is -0.309 e. The molecule has 1 atom stereocenters. The molecule has 0 radical (unpaired) electrons. The SMILES string of the molecule is c1ccc(C2(c3ccccc3)c3ccccc3-c3c2cc(N(c2cccc4c2-c2ccccc2C42c4ccccc4-n4c5ccccc5c5cccc2c54)c2cccc4ccccc24)c2ccccc32)cc1. The van der Waals surface area contributed by atoms with Gasteiger partial charge in [-0.2, -0.15) is 0 Å². The van der Waals surface area contributed by atoms with Crippen LogP contribution in [0.5, 0.6) is 0 Å². The molecule has 0 amide bonds. The first kappa shape index (κ1) is 39.6. The lowest BCUT2D eigenvalue weighted by molar-refractivity contribution is 0.748. The van der Waals surface area contributed by atoms with Crippen LogP contribution in [0, 0.1) is 0 Å². The Bertz CT molecular complexity index is 4360. The molecule has 2 nitrogen and oxygen atoms in total. The number of anilines is 3. The van der Waals surface area contributed by atoms with Crippen molar-refractivity contribution in [3.05, 3.63) is 311 Å². The van der Waals surface area contributed by atoms with Gasteiger partial charge in [0.1, 0.15) is 0 Å². The van der Waals surface area contributed by atoms with Gasteiger partial charge in [-0.25, -0.2) is 0 Å². The van der Waals surface area contributed by atoms with E-state index in [-0.39, 0.29) is 0 Å². The van der Waals surface area contributed by atoms with Crippen LogP contribution in [0.25, 0.3) is 71.3 Å². The number of benzene rings is 12. The molecule has 334 valence electrons. The lowest BCUT2D eigenvalue weighted by Crippen LogP contribution is -2.33. The lowest BCUT2D eigenvalue weighted by atomic mass is 9.65. The zero-order chi connectivity index (χ0) is 47.1. The Morgan fingerprint density at radius 2 is 0.806 bits per heavy atom. The first-order chi connectivity index (χ1) is 35.8. The quantitative estimate of drug-likeness (QED) is 0.167. The van der Waals surface area contributed by atoms with Gasteiger partial charge in [0.15, 0.2) is 0 Å². The number of para-hydroxylation sites is 3. The normalized spacial score (nSPS) is 15.4. The minimum absolute atomic E-state index is 0.601. The number of nitrogens with zero attached hydrogens (tertiary/aromatic N) is 2. The van der Waals surface area contributed by atoms with Gasteiger partial charge in [-0.15, -0.1) is 0 Å². The van der Waals surface area contributed by atoms with Gasteiger partial charge in [0.25, 0.3) is 0 Å². The van der Waals surface area contributed by atoms with E-state index in [0.717, 1.165) is 17.1 Å². The Hall–Kier alpha value is -9.24. The highest BCUT2D eigenvalue weighted by Gasteiger charge is 2.52. The third-order valence-electron chi connectivity index (χ3n) is 16.6. The third kappa shape index (κ3) is 4.88. The number of fused-ring (bicyclic) bond motifs is 18. The van der Waals surface area contributed by atoms with E-state index in [1.807, 2.05) is 0 Å². The van der Waals surface area contributed by atoms with E-state index in [2.05, 4.69) is 276 Å². The summed E-state index contributed by atoms with van der Waals surface area (Å²) in [7, 11) is 0. The average Bonchev–Trinajstić information content (AvgIpc) is 4.07. The Kier molecular flexibility index (Phi) is 8.05. The van der Waals surface area contributed by atoms with Crippen molar-refractivity contribution < 1.29 is 0 Å². The summed E-state index contributed by atoms with van der Waals surface area (Å²) in [5.74, 6) is 0. The summed E-state index contributed by atoms with van der Waals surface area (Å²) in [6.07, 6.45) is 0. The number of rotatable bonds is 5. The zero-order valence-corrected chi connectivity index (χ0v) is 39.3. The fourth-order valence-corrected chi connectivity index (χ4v) is 14.0. The van der Waals surface area contributed by atoms with E-state index in [1.165, 1.54) is 116 Å². The van der Waals surface area contributed by atoms with Crippen LogP contribution in [0.2, 0.25) is 0 Å². The first-order valence-corrected chi connectivity index (χ1v) is 25.2. The van der Waals surface area contributed by atoms with Crippen LogP contribution in [-0.4, -0.2) is 4.57 Å². The second kappa shape index (κ2) is 14.6. The van der Waals surface area contributed by atoms with Crippen molar-refractivity contribution in [2.45, 2.75) is 10.8 Å². The molecule has 0 bridgehead atoms. The molecule has 0 N–H and O–H groups in total. The van der Waals surface area contributed by atoms with E-state index < -0.39 is 10.8 Å². The maximum Gasteiger partial charge on any atom is 0.0755 e. The summed E-state index contributed by atoms with van der Waals surface area (Å²) in [4.78, 5) is 2.63. The number of hydrogen-bond donors (Lipinski definition) is 0. The van der Waals surface area contributed by atoms with Gasteiger partial charge in [-0.1, -0.05) is 237 Å². The smallest absolute Gasteiger partial charge is 0.0755 e. The topological polar surface area (TPSA) is 8.17 Å². The maximum absolute atomic E-state index is 2.63. The predicted molar refractivity (Wildman–Crippen MR) is 299 cm³/mol. The standard InChI is InChI=1S/C70H44N2/c1-3-24-46(25-4-1)69(47-26-5-2-6-27-47)55-35-14-11-32-53(55)66-51-31-10-9-29-49(51)65(44-60(66)69)71(61-42-19-23-45-22-7-8-28-48(45)61)64-43-21-38-58-67(64)54-33-12-15-36-56(54)70(58)57-37-16-18-41-63(57)72-62-40-17-13-30-50(62)52-34-20-39-59(70)68(52)72/h1-44H. The molecular formula is C70H44N2. The van der Waals surface area contributed by atoms with E-state index >= 15 is 0 Å². The van der Waals surface area contributed by atoms with Crippen LogP contribution in [0.15, 0.2) is 267 Å². The largest absolute Gasteiger partial charge is 0.309 e. The van der Waals surface area contributed by atoms with Crippen molar-refractivity contribution in [3.63, 3.8) is 0 Å². The fraction of sp³-hybridized carbons (Fsp3) is 0.0286. The fourth-order valence-electron chi connectivity index (χ4n) is 14.0. The highest BCUT2D eigenvalue weighted by atomic mass is 15.2. The first-order valence-electron chi connectivity index (χ1n) is 25.2. The molecule has 1 aromatic heterocycles. The predicted octanol–water partition coefficient (Wildman–Crippen LogP) is 17.6. The summed E-state index contributed by atoms with van der Waals surface area (Å²) < 4.78 is 2.54. The van der Waals surface area contributed by atoms with Gasteiger partial charge in [0.2, 0.25) is 0 Å². The van der Waals surface area contributed by atoms with Gasteiger partial charge in [-0.05, 0) is 102 Å².